The predicted octanol–water partition coefficient (Wildman–Crippen LogP) is 3.37. The van der Waals surface area contributed by atoms with E-state index in [1.54, 1.807) is 12.1 Å². The molecule has 1 aliphatic carbocycles. The number of halogens is 1. The Kier molecular flexibility index (Phi) is 4.17. The van der Waals surface area contributed by atoms with Crippen molar-refractivity contribution in [3.05, 3.63) is 34.6 Å². The van der Waals surface area contributed by atoms with Crippen LogP contribution in [0.15, 0.2) is 23.4 Å². The number of thioether (sulfide) groups is 1. The summed E-state index contributed by atoms with van der Waals surface area (Å²) in [6, 6.07) is 5.42. The lowest BCUT2D eigenvalue weighted by Crippen LogP contribution is -2.14. The molecule has 1 amide bonds. The van der Waals surface area contributed by atoms with Crippen LogP contribution in [0.2, 0.25) is 5.02 Å². The van der Waals surface area contributed by atoms with Crippen LogP contribution in [0.5, 0.6) is 0 Å². The number of nitrogens with one attached hydrogen (secondary N) is 2. The Balaban J connectivity index is 1.54. The molecule has 0 spiro atoms. The highest BCUT2D eigenvalue weighted by Gasteiger charge is 2.27. The van der Waals surface area contributed by atoms with Crippen LogP contribution in [0, 0.1) is 6.92 Å². The Morgan fingerprint density at radius 2 is 2.33 bits per heavy atom. The van der Waals surface area contributed by atoms with E-state index in [4.69, 9.17) is 11.6 Å². The average Bonchev–Trinajstić information content (AvgIpc) is 3.20. The highest BCUT2D eigenvalue weighted by atomic mass is 35.5. The van der Waals surface area contributed by atoms with Crippen molar-refractivity contribution in [2.75, 3.05) is 11.1 Å². The molecule has 2 aromatic rings. The summed E-state index contributed by atoms with van der Waals surface area (Å²) in [5, 5.41) is 11.1. The zero-order valence-corrected chi connectivity index (χ0v) is 13.1. The van der Waals surface area contributed by atoms with Gasteiger partial charge in [-0.15, -0.1) is 5.10 Å². The van der Waals surface area contributed by atoms with E-state index in [-0.39, 0.29) is 11.7 Å². The molecule has 3 rings (SSSR count). The summed E-state index contributed by atoms with van der Waals surface area (Å²) in [5.74, 6) is 1.65. The number of carbonyl (C=O) groups is 1. The van der Waals surface area contributed by atoms with E-state index in [1.807, 2.05) is 13.0 Å². The fourth-order valence-electron chi connectivity index (χ4n) is 1.91. The van der Waals surface area contributed by atoms with Crippen molar-refractivity contribution in [2.45, 2.75) is 30.8 Å². The van der Waals surface area contributed by atoms with Crippen LogP contribution in [-0.4, -0.2) is 26.8 Å². The van der Waals surface area contributed by atoms with Gasteiger partial charge in [-0.25, -0.2) is 4.98 Å². The molecule has 1 aliphatic rings. The van der Waals surface area contributed by atoms with Gasteiger partial charge in [-0.1, -0.05) is 29.4 Å². The van der Waals surface area contributed by atoms with E-state index in [2.05, 4.69) is 20.5 Å². The van der Waals surface area contributed by atoms with Gasteiger partial charge in [0.2, 0.25) is 11.1 Å². The second kappa shape index (κ2) is 6.07. The second-order valence-corrected chi connectivity index (χ2v) is 6.45. The molecule has 0 unspecified atom stereocenters. The Morgan fingerprint density at radius 1 is 1.52 bits per heavy atom. The number of aromatic nitrogens is 3. The van der Waals surface area contributed by atoms with Crippen molar-refractivity contribution in [3.63, 3.8) is 0 Å². The molecule has 110 valence electrons. The number of benzene rings is 1. The van der Waals surface area contributed by atoms with Crippen LogP contribution in [0.4, 0.5) is 5.69 Å². The van der Waals surface area contributed by atoms with Crippen LogP contribution in [0.3, 0.4) is 0 Å². The van der Waals surface area contributed by atoms with Gasteiger partial charge in [-0.05, 0) is 37.5 Å². The lowest BCUT2D eigenvalue weighted by molar-refractivity contribution is -0.113. The molecular weight excluding hydrogens is 308 g/mol. The average molecular weight is 323 g/mol. The van der Waals surface area contributed by atoms with Crippen molar-refractivity contribution >= 4 is 35.0 Å². The fourth-order valence-corrected chi connectivity index (χ4v) is 2.68. The molecule has 1 aromatic heterocycles. The number of aromatic amines is 1. The zero-order valence-electron chi connectivity index (χ0n) is 11.5. The number of nitrogens with zero attached hydrogens (tertiary/aromatic N) is 2. The van der Waals surface area contributed by atoms with Crippen LogP contribution in [0.1, 0.15) is 30.1 Å². The highest BCUT2D eigenvalue weighted by Crippen LogP contribution is 2.38. The van der Waals surface area contributed by atoms with Gasteiger partial charge >= 0.3 is 0 Å². The minimum atomic E-state index is -0.0943. The van der Waals surface area contributed by atoms with Gasteiger partial charge in [0.1, 0.15) is 5.82 Å². The number of carbonyl (C=O) groups excluding carboxylic acids is 1. The number of H-pyrrole nitrogens is 1. The van der Waals surface area contributed by atoms with Gasteiger partial charge in [0.15, 0.2) is 0 Å². The normalized spacial score (nSPS) is 14.2. The molecule has 5 nitrogen and oxygen atoms in total. The molecule has 1 heterocycles. The predicted molar refractivity (Wildman–Crippen MR) is 83.9 cm³/mol. The summed E-state index contributed by atoms with van der Waals surface area (Å²) in [6.45, 7) is 1.93. The number of hydrogen-bond donors (Lipinski definition) is 2. The molecule has 0 bridgehead atoms. The lowest BCUT2D eigenvalue weighted by Gasteiger charge is -2.07. The van der Waals surface area contributed by atoms with Crippen molar-refractivity contribution in [1.29, 1.82) is 0 Å². The standard InChI is InChI=1S/C14H15ClN4OS/c1-8-2-5-10(15)6-11(8)16-12(20)7-21-14-17-13(18-19-14)9-3-4-9/h2,5-6,9H,3-4,7H2,1H3,(H,16,20)(H,17,18,19). The molecule has 21 heavy (non-hydrogen) atoms. The summed E-state index contributed by atoms with van der Waals surface area (Å²) < 4.78 is 0. The Hall–Kier alpha value is -1.53. The van der Waals surface area contributed by atoms with E-state index in [0.717, 1.165) is 17.1 Å². The fraction of sp³-hybridized carbons (Fsp3) is 0.357. The number of amides is 1. The van der Waals surface area contributed by atoms with Crippen molar-refractivity contribution < 1.29 is 4.79 Å². The third kappa shape index (κ3) is 3.77. The maximum Gasteiger partial charge on any atom is 0.234 e. The zero-order chi connectivity index (χ0) is 14.8. The second-order valence-electron chi connectivity index (χ2n) is 5.07. The molecule has 1 saturated carbocycles. The summed E-state index contributed by atoms with van der Waals surface area (Å²) in [6.07, 6.45) is 2.35. The molecule has 0 atom stereocenters. The van der Waals surface area contributed by atoms with Crippen LogP contribution in [0.25, 0.3) is 0 Å². The van der Waals surface area contributed by atoms with Crippen molar-refractivity contribution in [3.8, 4) is 0 Å². The van der Waals surface area contributed by atoms with Crippen molar-refractivity contribution in [2.24, 2.45) is 0 Å². The summed E-state index contributed by atoms with van der Waals surface area (Å²) in [7, 11) is 0. The number of anilines is 1. The molecule has 0 aliphatic heterocycles. The Morgan fingerprint density at radius 3 is 3.10 bits per heavy atom. The van der Waals surface area contributed by atoms with Gasteiger partial charge in [0.05, 0.1) is 5.75 Å². The van der Waals surface area contributed by atoms with E-state index in [0.29, 0.717) is 16.1 Å². The maximum absolute atomic E-state index is 12.0. The van der Waals surface area contributed by atoms with Gasteiger partial charge in [0.25, 0.3) is 0 Å². The molecule has 1 fully saturated rings. The third-order valence-corrected chi connectivity index (χ3v) is 4.33. The number of hydrogen-bond acceptors (Lipinski definition) is 4. The minimum Gasteiger partial charge on any atom is -0.325 e. The summed E-state index contributed by atoms with van der Waals surface area (Å²) in [5.41, 5.74) is 1.72. The minimum absolute atomic E-state index is 0.0943. The number of aryl methyl sites for hydroxylation is 1. The first-order valence-electron chi connectivity index (χ1n) is 6.73. The molecule has 7 heteroatoms. The summed E-state index contributed by atoms with van der Waals surface area (Å²) >= 11 is 7.26. The van der Waals surface area contributed by atoms with Gasteiger partial charge in [0, 0.05) is 16.6 Å². The highest BCUT2D eigenvalue weighted by molar-refractivity contribution is 7.99. The molecular formula is C14H15ClN4OS. The van der Waals surface area contributed by atoms with Crippen LogP contribution in [-0.2, 0) is 4.79 Å². The van der Waals surface area contributed by atoms with E-state index < -0.39 is 0 Å². The van der Waals surface area contributed by atoms with Gasteiger partial charge in [-0.3, -0.25) is 9.89 Å². The van der Waals surface area contributed by atoms with Gasteiger partial charge < -0.3 is 5.32 Å². The lowest BCUT2D eigenvalue weighted by atomic mass is 10.2. The largest absolute Gasteiger partial charge is 0.325 e. The van der Waals surface area contributed by atoms with Crippen LogP contribution < -0.4 is 5.32 Å². The van der Waals surface area contributed by atoms with Crippen molar-refractivity contribution in [1.82, 2.24) is 15.2 Å². The molecule has 2 N–H and O–H groups in total. The number of rotatable bonds is 5. The van der Waals surface area contributed by atoms with E-state index >= 15 is 0 Å². The monoisotopic (exact) mass is 322 g/mol. The first kappa shape index (κ1) is 14.4. The summed E-state index contributed by atoms with van der Waals surface area (Å²) in [4.78, 5) is 16.3. The quantitative estimate of drug-likeness (QED) is 0.828. The molecule has 0 saturated heterocycles. The van der Waals surface area contributed by atoms with Gasteiger partial charge in [-0.2, -0.15) is 0 Å². The topological polar surface area (TPSA) is 70.7 Å². The maximum atomic E-state index is 12.0. The van der Waals surface area contributed by atoms with Crippen LogP contribution >= 0.6 is 23.4 Å². The molecule has 0 radical (unpaired) electrons. The Labute approximate surface area is 131 Å². The Bertz CT molecular complexity index is 669. The SMILES string of the molecule is Cc1ccc(Cl)cc1NC(=O)CSc1n[nH]c(C2CC2)n1. The van der Waals surface area contributed by atoms with E-state index in [1.165, 1.54) is 24.6 Å². The first-order valence-corrected chi connectivity index (χ1v) is 8.09. The molecule has 1 aromatic carbocycles. The smallest absolute Gasteiger partial charge is 0.234 e. The first-order chi connectivity index (χ1) is 10.1. The third-order valence-electron chi connectivity index (χ3n) is 3.25. The van der Waals surface area contributed by atoms with E-state index in [9.17, 15) is 4.79 Å².